The van der Waals surface area contributed by atoms with Crippen LogP contribution in [-0.2, 0) is 14.8 Å². The van der Waals surface area contributed by atoms with Crippen LogP contribution in [0.5, 0.6) is 0 Å². The van der Waals surface area contributed by atoms with E-state index >= 15 is 0 Å². The molecule has 2 rings (SSSR count). The number of amides is 2. The van der Waals surface area contributed by atoms with Crippen molar-refractivity contribution in [3.8, 4) is 0 Å². The minimum atomic E-state index is -3.73. The Hall–Kier alpha value is -2.87. The van der Waals surface area contributed by atoms with Crippen LogP contribution in [0.2, 0.25) is 0 Å². The molecule has 0 aliphatic carbocycles. The second kappa shape index (κ2) is 8.22. The lowest BCUT2D eigenvalue weighted by molar-refractivity contribution is -0.117. The third-order valence-corrected chi connectivity index (χ3v) is 5.25. The van der Waals surface area contributed by atoms with E-state index in [2.05, 4.69) is 5.32 Å². The molecule has 1 atom stereocenters. The largest absolute Gasteiger partial charge is 0.366 e. The molecule has 0 unspecified atom stereocenters. The summed E-state index contributed by atoms with van der Waals surface area (Å²) in [7, 11) is -3.73. The molecule has 7 nitrogen and oxygen atoms in total. The number of carbonyl (C=O) groups is 2. The van der Waals surface area contributed by atoms with Crippen LogP contribution in [0.25, 0.3) is 0 Å². The molecule has 3 N–H and O–H groups in total. The van der Waals surface area contributed by atoms with Crippen molar-refractivity contribution >= 4 is 33.2 Å². The van der Waals surface area contributed by atoms with Gasteiger partial charge in [-0.25, -0.2) is 8.42 Å². The molecule has 0 aliphatic rings. The van der Waals surface area contributed by atoms with Crippen LogP contribution in [0.3, 0.4) is 0 Å². The van der Waals surface area contributed by atoms with Crippen molar-refractivity contribution in [2.45, 2.75) is 26.3 Å². The van der Waals surface area contributed by atoms with Crippen molar-refractivity contribution in [2.75, 3.05) is 15.9 Å². The molecule has 0 saturated carbocycles. The molecule has 0 fully saturated rings. The van der Waals surface area contributed by atoms with Crippen LogP contribution >= 0.6 is 0 Å². The van der Waals surface area contributed by atoms with Crippen molar-refractivity contribution in [1.82, 2.24) is 0 Å². The van der Waals surface area contributed by atoms with Crippen LogP contribution in [0.1, 0.15) is 29.3 Å². The van der Waals surface area contributed by atoms with Gasteiger partial charge in [-0.15, -0.1) is 0 Å². The van der Waals surface area contributed by atoms with E-state index in [0.29, 0.717) is 5.69 Å². The third kappa shape index (κ3) is 4.85. The number of benzene rings is 2. The predicted octanol–water partition coefficient (Wildman–Crippen LogP) is 2.28. The number of para-hydroxylation sites is 1. The molecule has 2 amide bonds. The molecule has 0 heterocycles. The average Bonchev–Trinajstić information content (AvgIpc) is 2.59. The van der Waals surface area contributed by atoms with Crippen molar-refractivity contribution in [2.24, 2.45) is 5.73 Å². The first-order chi connectivity index (χ1) is 12.6. The van der Waals surface area contributed by atoms with Gasteiger partial charge in [0.15, 0.2) is 0 Å². The first kappa shape index (κ1) is 20.4. The Balaban J connectivity index is 2.41. The highest BCUT2D eigenvalue weighted by Gasteiger charge is 2.31. The third-order valence-electron chi connectivity index (χ3n) is 4.07. The Labute approximate surface area is 159 Å². The highest BCUT2D eigenvalue weighted by Crippen LogP contribution is 2.24. The molecular weight excluding hydrogens is 366 g/mol. The van der Waals surface area contributed by atoms with E-state index in [1.165, 1.54) is 6.07 Å². The Bertz CT molecular complexity index is 940. The van der Waals surface area contributed by atoms with E-state index in [1.807, 2.05) is 6.92 Å². The maximum absolute atomic E-state index is 12.9. The first-order valence-corrected chi connectivity index (χ1v) is 10.3. The average molecular weight is 389 g/mol. The van der Waals surface area contributed by atoms with Gasteiger partial charge in [0.1, 0.15) is 6.04 Å². The number of anilines is 2. The summed E-state index contributed by atoms with van der Waals surface area (Å²) in [4.78, 5) is 24.4. The van der Waals surface area contributed by atoms with Gasteiger partial charge >= 0.3 is 0 Å². The topological polar surface area (TPSA) is 110 Å². The monoisotopic (exact) mass is 389 g/mol. The zero-order chi connectivity index (χ0) is 20.2. The molecule has 144 valence electrons. The maximum atomic E-state index is 12.9. The smallest absolute Gasteiger partial charge is 0.250 e. The Morgan fingerprint density at radius 1 is 1.11 bits per heavy atom. The lowest BCUT2D eigenvalue weighted by atomic mass is 10.1. The SMILES string of the molecule is CC[C@@H](C(=O)Nc1ccccc1C(N)=O)N(c1ccc(C)cc1)S(C)(=O)=O. The number of hydrogen-bond acceptors (Lipinski definition) is 4. The number of carbonyl (C=O) groups excluding carboxylic acids is 2. The van der Waals surface area contributed by atoms with Gasteiger partial charge < -0.3 is 11.1 Å². The zero-order valence-corrected chi connectivity index (χ0v) is 16.3. The number of hydrogen-bond donors (Lipinski definition) is 2. The summed E-state index contributed by atoms with van der Waals surface area (Å²) >= 11 is 0. The summed E-state index contributed by atoms with van der Waals surface area (Å²) in [6, 6.07) is 12.2. The number of rotatable bonds is 7. The fraction of sp³-hybridized carbons (Fsp3) is 0.263. The van der Waals surface area contributed by atoms with Gasteiger partial charge in [-0.2, -0.15) is 0 Å². The molecule has 0 radical (unpaired) electrons. The molecule has 0 aliphatic heterocycles. The fourth-order valence-electron chi connectivity index (χ4n) is 2.77. The number of aryl methyl sites for hydroxylation is 1. The van der Waals surface area contributed by atoms with Crippen molar-refractivity contribution < 1.29 is 18.0 Å². The number of primary amides is 1. The summed E-state index contributed by atoms with van der Waals surface area (Å²) in [5.74, 6) is -1.23. The molecule has 0 aromatic heterocycles. The zero-order valence-electron chi connectivity index (χ0n) is 15.5. The lowest BCUT2D eigenvalue weighted by Crippen LogP contribution is -2.47. The molecule has 2 aromatic rings. The van der Waals surface area contributed by atoms with E-state index in [4.69, 9.17) is 5.73 Å². The number of nitrogens with one attached hydrogen (secondary N) is 1. The van der Waals surface area contributed by atoms with Gasteiger partial charge in [0.05, 0.1) is 23.2 Å². The molecule has 8 heteroatoms. The quantitative estimate of drug-likeness (QED) is 0.757. The second-order valence-electron chi connectivity index (χ2n) is 6.22. The first-order valence-electron chi connectivity index (χ1n) is 8.41. The molecule has 0 bridgehead atoms. The molecule has 0 saturated heterocycles. The Morgan fingerprint density at radius 3 is 2.22 bits per heavy atom. The normalized spacial score (nSPS) is 12.3. The van der Waals surface area contributed by atoms with E-state index in [9.17, 15) is 18.0 Å². The lowest BCUT2D eigenvalue weighted by Gasteiger charge is -2.30. The van der Waals surface area contributed by atoms with Crippen LogP contribution in [-0.4, -0.2) is 32.5 Å². The van der Waals surface area contributed by atoms with Gasteiger partial charge in [-0.3, -0.25) is 13.9 Å². The molecule has 2 aromatic carbocycles. The van der Waals surface area contributed by atoms with Crippen LogP contribution in [0.15, 0.2) is 48.5 Å². The highest BCUT2D eigenvalue weighted by molar-refractivity contribution is 7.92. The fourth-order valence-corrected chi connectivity index (χ4v) is 3.99. The van der Waals surface area contributed by atoms with E-state index < -0.39 is 27.9 Å². The standard InChI is InChI=1S/C19H23N3O4S/c1-4-17(19(24)21-16-8-6-5-7-15(16)18(20)23)22(27(3,25)26)14-11-9-13(2)10-12-14/h5-12,17H,4H2,1-3H3,(H2,20,23)(H,21,24)/t17-/m0/s1. The maximum Gasteiger partial charge on any atom is 0.250 e. The van der Waals surface area contributed by atoms with E-state index in [-0.39, 0.29) is 17.7 Å². The van der Waals surface area contributed by atoms with Gasteiger partial charge in [0.25, 0.3) is 5.91 Å². The van der Waals surface area contributed by atoms with Crippen molar-refractivity contribution in [3.05, 3.63) is 59.7 Å². The minimum Gasteiger partial charge on any atom is -0.366 e. The van der Waals surface area contributed by atoms with Crippen molar-refractivity contribution in [1.29, 1.82) is 0 Å². The van der Waals surface area contributed by atoms with Crippen LogP contribution in [0, 0.1) is 6.92 Å². The van der Waals surface area contributed by atoms with Gasteiger partial charge in [0.2, 0.25) is 15.9 Å². The summed E-state index contributed by atoms with van der Waals surface area (Å²) in [6.45, 7) is 3.61. The summed E-state index contributed by atoms with van der Waals surface area (Å²) in [5.41, 5.74) is 7.10. The van der Waals surface area contributed by atoms with E-state index in [1.54, 1.807) is 49.4 Å². The predicted molar refractivity (Wildman–Crippen MR) is 106 cm³/mol. The summed E-state index contributed by atoms with van der Waals surface area (Å²) in [6.07, 6.45) is 1.30. The van der Waals surface area contributed by atoms with Crippen LogP contribution in [0.4, 0.5) is 11.4 Å². The highest BCUT2D eigenvalue weighted by atomic mass is 32.2. The van der Waals surface area contributed by atoms with Crippen LogP contribution < -0.4 is 15.4 Å². The van der Waals surface area contributed by atoms with Crippen molar-refractivity contribution in [3.63, 3.8) is 0 Å². The Morgan fingerprint density at radius 2 is 1.70 bits per heavy atom. The number of nitrogens with zero attached hydrogens (tertiary/aromatic N) is 1. The number of nitrogens with two attached hydrogens (primary N) is 1. The van der Waals surface area contributed by atoms with E-state index in [0.717, 1.165) is 16.1 Å². The van der Waals surface area contributed by atoms with Gasteiger partial charge in [-0.1, -0.05) is 36.8 Å². The number of sulfonamides is 1. The second-order valence-corrected chi connectivity index (χ2v) is 8.08. The minimum absolute atomic E-state index is 0.155. The summed E-state index contributed by atoms with van der Waals surface area (Å²) in [5, 5.41) is 2.63. The molecular formula is C19H23N3O4S. The van der Waals surface area contributed by atoms with Gasteiger partial charge in [0, 0.05) is 0 Å². The summed E-state index contributed by atoms with van der Waals surface area (Å²) < 4.78 is 25.9. The molecule has 27 heavy (non-hydrogen) atoms. The Kier molecular flexibility index (Phi) is 6.22. The molecule has 0 spiro atoms. The van der Waals surface area contributed by atoms with Gasteiger partial charge in [-0.05, 0) is 37.6 Å².